The Labute approximate surface area is 272 Å². The number of hydrogen-bond donors (Lipinski definition) is 1. The summed E-state index contributed by atoms with van der Waals surface area (Å²) in [6, 6.07) is 0. The van der Waals surface area contributed by atoms with E-state index >= 15 is 0 Å². The van der Waals surface area contributed by atoms with Crippen LogP contribution < -0.4 is 0 Å². The summed E-state index contributed by atoms with van der Waals surface area (Å²) in [5.41, 5.74) is 4.81. The highest BCUT2D eigenvalue weighted by molar-refractivity contribution is 6.17. The molecule has 5 aliphatic rings. The van der Waals surface area contributed by atoms with Crippen LogP contribution in [0.15, 0.2) is 46.7 Å². The first-order chi connectivity index (χ1) is 21.1. The van der Waals surface area contributed by atoms with Gasteiger partial charge < -0.3 is 5.11 Å². The number of carboxylic acid groups (broad SMARTS) is 1. The third kappa shape index (κ3) is 5.84. The Balaban J connectivity index is 1.31. The maximum absolute atomic E-state index is 13.7. The Morgan fingerprint density at radius 1 is 0.867 bits per heavy atom. The Kier molecular flexibility index (Phi) is 9.27. The first-order valence-electron chi connectivity index (χ1n) is 17.9. The minimum Gasteiger partial charge on any atom is -0.481 e. The maximum atomic E-state index is 13.7. The van der Waals surface area contributed by atoms with Crippen LogP contribution in [-0.2, 0) is 14.4 Å². The average Bonchev–Trinajstić information content (AvgIpc) is 3.25. The number of allylic oxidation sites excluding steroid dienone is 4. The van der Waals surface area contributed by atoms with E-state index in [4.69, 9.17) is 0 Å². The van der Waals surface area contributed by atoms with Crippen LogP contribution in [0, 0.1) is 45.3 Å². The van der Waals surface area contributed by atoms with Gasteiger partial charge in [-0.1, -0.05) is 64.8 Å². The van der Waals surface area contributed by atoms with E-state index in [1.165, 1.54) is 47.8 Å². The number of carbonyl (C=O) groups excluding carboxylic acids is 2. The lowest BCUT2D eigenvalue weighted by molar-refractivity contribution is -0.137. The van der Waals surface area contributed by atoms with Crippen molar-refractivity contribution in [2.24, 2.45) is 45.3 Å². The minimum atomic E-state index is -0.921. The van der Waals surface area contributed by atoms with Crippen molar-refractivity contribution >= 4 is 17.8 Å². The first kappa shape index (κ1) is 33.9. The van der Waals surface area contributed by atoms with Gasteiger partial charge in [0.15, 0.2) is 0 Å². The van der Waals surface area contributed by atoms with E-state index in [0.29, 0.717) is 47.7 Å². The Bertz CT molecular complexity index is 1350. The molecule has 248 valence electrons. The molecular weight excluding hydrogens is 558 g/mol. The van der Waals surface area contributed by atoms with Gasteiger partial charge in [-0.25, -0.2) is 0 Å². The van der Waals surface area contributed by atoms with Crippen molar-refractivity contribution in [1.29, 1.82) is 0 Å². The maximum Gasteiger partial charge on any atom is 0.307 e. The van der Waals surface area contributed by atoms with E-state index in [9.17, 15) is 19.5 Å². The van der Waals surface area contributed by atoms with Crippen LogP contribution in [0.4, 0.5) is 0 Å². The van der Waals surface area contributed by atoms with Gasteiger partial charge in [0.05, 0.1) is 6.42 Å². The molecule has 0 spiro atoms. The molecule has 0 bridgehead atoms. The molecule has 5 heteroatoms. The van der Waals surface area contributed by atoms with E-state index < -0.39 is 5.97 Å². The highest BCUT2D eigenvalue weighted by Gasteiger charge is 2.54. The lowest BCUT2D eigenvalue weighted by Gasteiger charge is -2.58. The Morgan fingerprint density at radius 2 is 1.38 bits per heavy atom. The van der Waals surface area contributed by atoms with E-state index in [0.717, 1.165) is 38.5 Å². The fraction of sp³-hybridized carbons (Fsp3) is 0.725. The van der Waals surface area contributed by atoms with Crippen molar-refractivity contribution in [3.63, 3.8) is 0 Å². The van der Waals surface area contributed by atoms with E-state index in [1.807, 2.05) is 0 Å². The predicted octanol–water partition coefficient (Wildman–Crippen LogP) is 9.80. The van der Waals surface area contributed by atoms with Crippen molar-refractivity contribution in [2.45, 2.75) is 139 Å². The van der Waals surface area contributed by atoms with Crippen molar-refractivity contribution in [3.05, 3.63) is 46.7 Å². The topological polar surface area (TPSA) is 74.7 Å². The van der Waals surface area contributed by atoms with Gasteiger partial charge in [0.25, 0.3) is 11.8 Å². The third-order valence-electron chi connectivity index (χ3n) is 14.8. The second kappa shape index (κ2) is 12.3. The van der Waals surface area contributed by atoms with Crippen LogP contribution in [0.5, 0.6) is 0 Å². The molecular formula is C40H59NO4. The molecule has 2 amide bonds. The lowest BCUT2D eigenvalue weighted by Crippen LogP contribution is -2.49. The van der Waals surface area contributed by atoms with Crippen molar-refractivity contribution in [2.75, 3.05) is 0 Å². The fourth-order valence-corrected chi connectivity index (χ4v) is 10.9. The van der Waals surface area contributed by atoms with Gasteiger partial charge in [-0.05, 0) is 142 Å². The van der Waals surface area contributed by atoms with Gasteiger partial charge in [-0.15, -0.1) is 0 Å². The molecule has 0 aromatic carbocycles. The number of nitrogens with zero attached hydrogens (tertiary/aromatic N) is 1. The van der Waals surface area contributed by atoms with E-state index in [2.05, 4.69) is 67.5 Å². The highest BCUT2D eigenvalue weighted by atomic mass is 16.4. The zero-order chi connectivity index (χ0) is 32.9. The van der Waals surface area contributed by atoms with Gasteiger partial charge in [-0.3, -0.25) is 19.3 Å². The monoisotopic (exact) mass is 617 g/mol. The summed E-state index contributed by atoms with van der Waals surface area (Å²) in [5, 5.41) is 9.82. The summed E-state index contributed by atoms with van der Waals surface area (Å²) in [4.78, 5) is 40.1. The molecule has 1 aliphatic heterocycles. The van der Waals surface area contributed by atoms with Crippen LogP contribution in [0.1, 0.15) is 139 Å². The molecule has 2 fully saturated rings. The second-order valence-corrected chi connectivity index (χ2v) is 16.8. The summed E-state index contributed by atoms with van der Waals surface area (Å²) in [6.07, 6.45) is 20.0. The van der Waals surface area contributed by atoms with Crippen LogP contribution >= 0.6 is 0 Å². The Morgan fingerprint density at radius 3 is 1.89 bits per heavy atom. The molecule has 0 aromatic heterocycles. The third-order valence-corrected chi connectivity index (χ3v) is 14.8. The standard InChI is InChI=1S/C40H59NO4/c1-26-11-9-13-32-37(26,5)19-15-28(3)39(32,7)21-17-30(23-35(43)44)25-41-34(42)24-31(36(41)45)18-22-40(8)29(4)16-20-38(6)27(2)12-10-14-33(38)40/h11-12,24-25,28-29,32-33H,9-10,13-23H2,1-8H3,(H,43,44)/b30-25+/t28-,29-,32+,33+,37+,38+,39+,40+/m1/s1. The largest absolute Gasteiger partial charge is 0.481 e. The molecule has 2 saturated carbocycles. The number of amides is 2. The zero-order valence-electron chi connectivity index (χ0n) is 29.4. The van der Waals surface area contributed by atoms with Gasteiger partial charge in [-0.2, -0.15) is 0 Å². The highest BCUT2D eigenvalue weighted by Crippen LogP contribution is 2.63. The number of fused-ring (bicyclic) bond motifs is 2. The number of carbonyl (C=O) groups is 3. The van der Waals surface area contributed by atoms with Gasteiger partial charge in [0.1, 0.15) is 0 Å². The fourth-order valence-electron chi connectivity index (χ4n) is 10.9. The summed E-state index contributed by atoms with van der Waals surface area (Å²) < 4.78 is 0. The molecule has 1 heterocycles. The van der Waals surface area contributed by atoms with Gasteiger partial charge in [0, 0.05) is 17.8 Å². The van der Waals surface area contributed by atoms with Crippen LogP contribution in [-0.4, -0.2) is 27.8 Å². The molecule has 5 nitrogen and oxygen atoms in total. The number of imide groups is 1. The van der Waals surface area contributed by atoms with E-state index in [-0.39, 0.29) is 39.9 Å². The molecule has 0 unspecified atom stereocenters. The molecule has 4 aliphatic carbocycles. The van der Waals surface area contributed by atoms with Crippen molar-refractivity contribution in [3.8, 4) is 0 Å². The molecule has 45 heavy (non-hydrogen) atoms. The van der Waals surface area contributed by atoms with Crippen molar-refractivity contribution in [1.82, 2.24) is 4.90 Å². The summed E-state index contributed by atoms with van der Waals surface area (Å²) in [7, 11) is 0. The summed E-state index contributed by atoms with van der Waals surface area (Å²) >= 11 is 0. The molecule has 0 radical (unpaired) electrons. The number of aliphatic carboxylic acids is 1. The number of hydrogen-bond acceptors (Lipinski definition) is 3. The zero-order valence-corrected chi connectivity index (χ0v) is 29.4. The summed E-state index contributed by atoms with van der Waals surface area (Å²) in [5.74, 6) is 0.677. The molecule has 5 rings (SSSR count). The average molecular weight is 618 g/mol. The smallest absolute Gasteiger partial charge is 0.307 e. The molecule has 0 aromatic rings. The molecule has 0 saturated heterocycles. The van der Waals surface area contributed by atoms with Gasteiger partial charge >= 0.3 is 5.97 Å². The number of carboxylic acids is 1. The minimum absolute atomic E-state index is 0.0653. The summed E-state index contributed by atoms with van der Waals surface area (Å²) in [6.45, 7) is 19.0. The van der Waals surface area contributed by atoms with Crippen LogP contribution in [0.2, 0.25) is 0 Å². The quantitative estimate of drug-likeness (QED) is 0.206. The molecule has 1 N–H and O–H groups in total. The van der Waals surface area contributed by atoms with Gasteiger partial charge in [0.2, 0.25) is 0 Å². The first-order valence-corrected chi connectivity index (χ1v) is 17.9. The van der Waals surface area contributed by atoms with Crippen LogP contribution in [0.3, 0.4) is 0 Å². The lowest BCUT2D eigenvalue weighted by atomic mass is 9.47. The number of rotatable bonds is 9. The van der Waals surface area contributed by atoms with Crippen LogP contribution in [0.25, 0.3) is 0 Å². The Hall–Kier alpha value is -2.43. The predicted molar refractivity (Wildman–Crippen MR) is 181 cm³/mol. The second-order valence-electron chi connectivity index (χ2n) is 16.8. The van der Waals surface area contributed by atoms with E-state index in [1.54, 1.807) is 6.20 Å². The van der Waals surface area contributed by atoms with Crippen molar-refractivity contribution < 1.29 is 19.5 Å². The normalized spacial score (nSPS) is 40.4. The SMILES string of the molecule is CC1=CCC[C@@H]2[C@@](C)(CCC3=CC(=O)N(/C=C(\CC[C@@]4(C)[C@H](C)CC[C@@]5(C)C(C)=CCC[C@H]45)CC(=O)O)C3=O)[C@H](C)CC[C@@]12C. The molecule has 8 atom stereocenters.